The first-order chi connectivity index (χ1) is 14.4. The lowest BCUT2D eigenvalue weighted by Crippen LogP contribution is -2.29. The molecule has 3 aromatic heterocycles. The third-order valence-corrected chi connectivity index (χ3v) is 3.55. The number of hydrogen-bond donors (Lipinski definition) is 7. The van der Waals surface area contributed by atoms with E-state index in [2.05, 4.69) is 46.5 Å². The maximum absolute atomic E-state index is 12.3. The van der Waals surface area contributed by atoms with Gasteiger partial charge in [0, 0.05) is 25.2 Å². The predicted octanol–water partition coefficient (Wildman–Crippen LogP) is -1.04. The maximum atomic E-state index is 12.3. The molecule has 0 fully saturated rings. The highest BCUT2D eigenvalue weighted by molar-refractivity contribution is 6.05. The van der Waals surface area contributed by atoms with Crippen LogP contribution in [0.5, 0.6) is 0 Å². The Morgan fingerprint density at radius 3 is 1.90 bits per heavy atom. The summed E-state index contributed by atoms with van der Waals surface area (Å²) >= 11 is 0. The molecular weight excluding hydrogens is 402 g/mol. The molecule has 16 heteroatoms. The molecule has 0 atom stereocenters. The van der Waals surface area contributed by atoms with Crippen LogP contribution in [0.2, 0.25) is 0 Å². The van der Waals surface area contributed by atoms with E-state index in [1.807, 2.05) is 0 Å². The van der Waals surface area contributed by atoms with Crippen molar-refractivity contribution in [1.29, 1.82) is 0 Å². The van der Waals surface area contributed by atoms with Gasteiger partial charge in [-0.3, -0.25) is 24.6 Å². The lowest BCUT2D eigenvalue weighted by molar-refractivity contribution is -0.389. The number of anilines is 2. The molecule has 0 aliphatic heterocycles. The Kier molecular flexibility index (Phi) is 5.78. The van der Waals surface area contributed by atoms with E-state index in [0.29, 0.717) is 0 Å². The number of hydrogen-bond acceptors (Lipinski definition) is 9. The lowest BCUT2D eigenvalue weighted by atomic mass is 10.3. The largest absolute Gasteiger partial charge is 0.390 e. The molecule has 30 heavy (non-hydrogen) atoms. The fourth-order valence-corrected chi connectivity index (χ4v) is 2.17. The minimum absolute atomic E-state index is 0.00807. The first kappa shape index (κ1) is 20.1. The average molecular weight is 417 g/mol. The fraction of sp³-hybridized carbons (Fsp3) is 0.143. The van der Waals surface area contributed by atoms with E-state index < -0.39 is 28.5 Å². The number of aromatic amines is 3. The highest BCUT2D eigenvalue weighted by Crippen LogP contribution is 2.13. The molecule has 8 N–H and O–H groups in total. The van der Waals surface area contributed by atoms with Crippen LogP contribution >= 0.6 is 0 Å². The van der Waals surface area contributed by atoms with E-state index in [0.717, 1.165) is 6.07 Å². The van der Waals surface area contributed by atoms with Gasteiger partial charge in [0.1, 0.15) is 11.4 Å². The number of amides is 3. The van der Waals surface area contributed by atoms with Gasteiger partial charge in [-0.15, -0.1) is 0 Å². The van der Waals surface area contributed by atoms with E-state index in [-0.39, 0.29) is 41.8 Å². The van der Waals surface area contributed by atoms with Gasteiger partial charge in [-0.1, -0.05) is 0 Å². The van der Waals surface area contributed by atoms with Gasteiger partial charge in [-0.2, -0.15) is 15.3 Å². The number of nitro groups is 1. The SMILES string of the molecule is NCCNC(=O)c1cc(NC(=O)c2cc(NC(=O)c3cc([N+](=O)[O-])n[nH]3)n[nH]2)n[nH]1. The van der Waals surface area contributed by atoms with Gasteiger partial charge in [-0.05, 0) is 4.92 Å². The summed E-state index contributed by atoms with van der Waals surface area (Å²) in [6, 6.07) is 3.52. The fourth-order valence-electron chi connectivity index (χ4n) is 2.17. The average Bonchev–Trinajstić information content (AvgIpc) is 3.46. The number of nitrogens with two attached hydrogens (primary N) is 1. The molecule has 0 bridgehead atoms. The van der Waals surface area contributed by atoms with Gasteiger partial charge in [0.15, 0.2) is 17.3 Å². The molecule has 3 aromatic rings. The highest BCUT2D eigenvalue weighted by Gasteiger charge is 2.19. The molecule has 0 aliphatic rings. The molecule has 3 rings (SSSR count). The lowest BCUT2D eigenvalue weighted by Gasteiger charge is -1.99. The van der Waals surface area contributed by atoms with Crippen molar-refractivity contribution >= 4 is 35.2 Å². The zero-order valence-corrected chi connectivity index (χ0v) is 15.1. The van der Waals surface area contributed by atoms with Crippen LogP contribution in [0, 0.1) is 10.1 Å². The van der Waals surface area contributed by atoms with Crippen molar-refractivity contribution in [3.63, 3.8) is 0 Å². The second-order valence-electron chi connectivity index (χ2n) is 5.68. The van der Waals surface area contributed by atoms with Crippen molar-refractivity contribution in [2.45, 2.75) is 0 Å². The molecule has 0 spiro atoms. The summed E-state index contributed by atoms with van der Waals surface area (Å²) in [4.78, 5) is 45.9. The van der Waals surface area contributed by atoms with Crippen molar-refractivity contribution in [2.75, 3.05) is 23.7 Å². The minimum Gasteiger partial charge on any atom is -0.358 e. The van der Waals surface area contributed by atoms with Gasteiger partial charge in [0.25, 0.3) is 17.7 Å². The molecule has 3 amide bonds. The zero-order valence-electron chi connectivity index (χ0n) is 15.1. The van der Waals surface area contributed by atoms with Crippen LogP contribution in [0.3, 0.4) is 0 Å². The molecule has 0 radical (unpaired) electrons. The number of carbonyl (C=O) groups excluding carboxylic acids is 3. The summed E-state index contributed by atoms with van der Waals surface area (Å²) in [6.07, 6.45) is 0. The van der Waals surface area contributed by atoms with E-state index in [4.69, 9.17) is 5.73 Å². The summed E-state index contributed by atoms with van der Waals surface area (Å²) in [6.45, 7) is 0.563. The van der Waals surface area contributed by atoms with Gasteiger partial charge in [0.2, 0.25) is 0 Å². The minimum atomic E-state index is -0.757. The van der Waals surface area contributed by atoms with Crippen molar-refractivity contribution in [1.82, 2.24) is 35.9 Å². The van der Waals surface area contributed by atoms with Crippen LogP contribution < -0.4 is 21.7 Å². The monoisotopic (exact) mass is 417 g/mol. The Labute approximate surface area is 166 Å². The second-order valence-corrected chi connectivity index (χ2v) is 5.68. The van der Waals surface area contributed by atoms with E-state index in [1.54, 1.807) is 0 Å². The van der Waals surface area contributed by atoms with Gasteiger partial charge < -0.3 is 31.8 Å². The number of aromatic nitrogens is 6. The molecule has 0 aliphatic carbocycles. The smallest absolute Gasteiger partial charge is 0.358 e. The van der Waals surface area contributed by atoms with Crippen LogP contribution in [0.4, 0.5) is 17.5 Å². The summed E-state index contributed by atoms with van der Waals surface area (Å²) in [5.74, 6) is -2.25. The van der Waals surface area contributed by atoms with Gasteiger partial charge >= 0.3 is 5.82 Å². The third kappa shape index (κ3) is 4.62. The topological polar surface area (TPSA) is 243 Å². The number of rotatable bonds is 8. The van der Waals surface area contributed by atoms with Crippen LogP contribution in [-0.2, 0) is 0 Å². The van der Waals surface area contributed by atoms with E-state index in [9.17, 15) is 24.5 Å². The normalized spacial score (nSPS) is 10.4. The summed E-state index contributed by atoms with van der Waals surface area (Å²) in [5.41, 5.74) is 5.26. The molecule has 3 heterocycles. The zero-order chi connectivity index (χ0) is 21.7. The summed E-state index contributed by atoms with van der Waals surface area (Å²) < 4.78 is 0. The standard InChI is InChI=1S/C14H15N11O5/c15-1-2-16-12(26)6-3-9(22-19-6)17-13(27)7-4-10(23-20-7)18-14(28)8-5-11(24-21-8)25(29)30/h3-5H,1-2,15H2,(H,16,26)(H,21,24)(H2,17,19,22,27)(H2,18,20,23,28). The van der Waals surface area contributed by atoms with Crippen LogP contribution in [0.25, 0.3) is 0 Å². The summed E-state index contributed by atoms with van der Waals surface area (Å²) in [7, 11) is 0. The maximum Gasteiger partial charge on any atom is 0.390 e. The van der Waals surface area contributed by atoms with Crippen molar-refractivity contribution in [2.24, 2.45) is 5.73 Å². The number of H-pyrrole nitrogens is 3. The van der Waals surface area contributed by atoms with Gasteiger partial charge in [-0.25, -0.2) is 0 Å². The molecule has 0 saturated heterocycles. The van der Waals surface area contributed by atoms with Gasteiger partial charge in [0.05, 0.1) is 11.2 Å². The van der Waals surface area contributed by atoms with Crippen LogP contribution in [0.15, 0.2) is 18.2 Å². The van der Waals surface area contributed by atoms with Crippen molar-refractivity contribution in [3.05, 3.63) is 45.4 Å². The molecule has 156 valence electrons. The summed E-state index contributed by atoms with van der Waals surface area (Å²) in [5, 5.41) is 36.0. The Bertz CT molecular complexity index is 1100. The van der Waals surface area contributed by atoms with Crippen molar-refractivity contribution in [3.8, 4) is 0 Å². The quantitative estimate of drug-likeness (QED) is 0.174. The molecule has 0 aromatic carbocycles. The first-order valence-electron chi connectivity index (χ1n) is 8.29. The molecule has 0 unspecified atom stereocenters. The van der Waals surface area contributed by atoms with Crippen molar-refractivity contribution < 1.29 is 19.3 Å². The molecular formula is C14H15N11O5. The van der Waals surface area contributed by atoms with E-state index in [1.165, 1.54) is 12.1 Å². The van der Waals surface area contributed by atoms with Crippen LogP contribution in [-0.4, -0.2) is 66.3 Å². The first-order valence-corrected chi connectivity index (χ1v) is 8.29. The van der Waals surface area contributed by atoms with E-state index >= 15 is 0 Å². The Morgan fingerprint density at radius 1 is 0.900 bits per heavy atom. The number of carbonyl (C=O) groups is 3. The second kappa shape index (κ2) is 8.61. The number of nitrogens with one attached hydrogen (secondary N) is 6. The Morgan fingerprint density at radius 2 is 1.40 bits per heavy atom. The Balaban J connectivity index is 1.59. The highest BCUT2D eigenvalue weighted by atomic mass is 16.6. The number of nitrogens with zero attached hydrogens (tertiary/aromatic N) is 4. The predicted molar refractivity (Wildman–Crippen MR) is 99.7 cm³/mol. The molecule has 16 nitrogen and oxygen atoms in total. The molecule has 0 saturated carbocycles. The third-order valence-electron chi connectivity index (χ3n) is 3.55. The van der Waals surface area contributed by atoms with Crippen LogP contribution in [0.1, 0.15) is 31.5 Å². The Hall–Kier alpha value is -4.60.